The van der Waals surface area contributed by atoms with Gasteiger partial charge in [0.15, 0.2) is 0 Å². The highest BCUT2D eigenvalue weighted by atomic mass is 16.1. The second-order valence-corrected chi connectivity index (χ2v) is 4.65. The summed E-state index contributed by atoms with van der Waals surface area (Å²) >= 11 is 0. The molecular formula is C12H19N5O. The van der Waals surface area contributed by atoms with E-state index in [0.717, 1.165) is 12.8 Å². The predicted molar refractivity (Wildman–Crippen MR) is 67.4 cm³/mol. The fourth-order valence-corrected chi connectivity index (χ4v) is 2.20. The molecule has 0 fully saturated rings. The lowest BCUT2D eigenvalue weighted by Crippen LogP contribution is -2.30. The average molecular weight is 249 g/mol. The molecule has 98 valence electrons. The highest BCUT2D eigenvalue weighted by Crippen LogP contribution is 2.20. The van der Waals surface area contributed by atoms with Crippen LogP contribution >= 0.6 is 0 Å². The number of nitrogens with one attached hydrogen (secondary N) is 2. The van der Waals surface area contributed by atoms with Gasteiger partial charge in [-0.2, -0.15) is 5.10 Å². The standard InChI is InChI=1S/C12H19N5O/c1-2-10(12-14-7-15-17-12)16-11(18)6-8-3-4-9(13)5-8/h3-4,7-10H,2,5-6,13H2,1H3,(H,16,18)(H,14,15,17)/t8-,9+,10?/m0/s1. The van der Waals surface area contributed by atoms with Crippen LogP contribution in [0.2, 0.25) is 0 Å². The van der Waals surface area contributed by atoms with Gasteiger partial charge in [-0.1, -0.05) is 19.1 Å². The number of carbonyl (C=O) groups is 1. The Bertz CT molecular complexity index is 414. The van der Waals surface area contributed by atoms with Crippen LogP contribution in [0.3, 0.4) is 0 Å². The monoisotopic (exact) mass is 249 g/mol. The lowest BCUT2D eigenvalue weighted by Gasteiger charge is -2.16. The van der Waals surface area contributed by atoms with Crippen molar-refractivity contribution < 1.29 is 4.79 Å². The van der Waals surface area contributed by atoms with Crippen molar-refractivity contribution in [2.45, 2.75) is 38.3 Å². The number of aromatic amines is 1. The third-order valence-corrected chi connectivity index (χ3v) is 3.16. The van der Waals surface area contributed by atoms with E-state index < -0.39 is 0 Å². The molecule has 1 heterocycles. The Hall–Kier alpha value is -1.69. The summed E-state index contributed by atoms with van der Waals surface area (Å²) in [5.41, 5.74) is 5.76. The summed E-state index contributed by atoms with van der Waals surface area (Å²) in [6, 6.07) is -0.00176. The lowest BCUT2D eigenvalue weighted by atomic mass is 10.0. The Morgan fingerprint density at radius 1 is 1.67 bits per heavy atom. The van der Waals surface area contributed by atoms with E-state index in [2.05, 4.69) is 20.5 Å². The molecule has 0 bridgehead atoms. The Morgan fingerprint density at radius 2 is 2.50 bits per heavy atom. The van der Waals surface area contributed by atoms with E-state index in [1.54, 1.807) is 0 Å². The van der Waals surface area contributed by atoms with Gasteiger partial charge in [0.1, 0.15) is 12.2 Å². The fourth-order valence-electron chi connectivity index (χ4n) is 2.20. The topological polar surface area (TPSA) is 96.7 Å². The lowest BCUT2D eigenvalue weighted by molar-refractivity contribution is -0.122. The van der Waals surface area contributed by atoms with Crippen LogP contribution < -0.4 is 11.1 Å². The van der Waals surface area contributed by atoms with Gasteiger partial charge >= 0.3 is 0 Å². The van der Waals surface area contributed by atoms with Crippen LogP contribution in [-0.2, 0) is 4.79 Å². The van der Waals surface area contributed by atoms with Gasteiger partial charge in [0.05, 0.1) is 6.04 Å². The Labute approximate surface area is 106 Å². The number of hydrogen-bond acceptors (Lipinski definition) is 4. The van der Waals surface area contributed by atoms with Crippen molar-refractivity contribution in [2.24, 2.45) is 11.7 Å². The van der Waals surface area contributed by atoms with E-state index in [1.165, 1.54) is 6.33 Å². The zero-order valence-electron chi connectivity index (χ0n) is 10.5. The van der Waals surface area contributed by atoms with Crippen molar-refractivity contribution in [2.75, 3.05) is 0 Å². The van der Waals surface area contributed by atoms with Crippen LogP contribution in [0.1, 0.15) is 38.1 Å². The van der Waals surface area contributed by atoms with Crippen molar-refractivity contribution in [1.29, 1.82) is 0 Å². The molecule has 1 aromatic heterocycles. The molecule has 1 unspecified atom stereocenters. The van der Waals surface area contributed by atoms with Crippen molar-refractivity contribution in [3.05, 3.63) is 24.3 Å². The number of allylic oxidation sites excluding steroid dienone is 1. The summed E-state index contributed by atoms with van der Waals surface area (Å²) in [5, 5.41) is 9.54. The molecular weight excluding hydrogens is 230 g/mol. The number of nitrogens with zero attached hydrogens (tertiary/aromatic N) is 2. The molecule has 1 aliphatic rings. The third kappa shape index (κ3) is 3.16. The summed E-state index contributed by atoms with van der Waals surface area (Å²) < 4.78 is 0. The number of rotatable bonds is 5. The van der Waals surface area contributed by atoms with Crippen molar-refractivity contribution >= 4 is 5.91 Å². The second-order valence-electron chi connectivity index (χ2n) is 4.65. The Morgan fingerprint density at radius 3 is 3.06 bits per heavy atom. The molecule has 6 nitrogen and oxygen atoms in total. The Kier molecular flexibility index (Phi) is 4.09. The van der Waals surface area contributed by atoms with Gasteiger partial charge in [0.25, 0.3) is 0 Å². The average Bonchev–Trinajstić information content (AvgIpc) is 2.98. The minimum Gasteiger partial charge on any atom is -0.346 e. The summed E-state index contributed by atoms with van der Waals surface area (Å²) in [6.45, 7) is 2.00. The highest BCUT2D eigenvalue weighted by Gasteiger charge is 2.21. The second kappa shape index (κ2) is 5.77. The van der Waals surface area contributed by atoms with E-state index in [1.807, 2.05) is 19.1 Å². The van der Waals surface area contributed by atoms with Gasteiger partial charge in [-0.25, -0.2) is 4.98 Å². The zero-order valence-corrected chi connectivity index (χ0v) is 10.5. The first-order valence-electron chi connectivity index (χ1n) is 6.27. The molecule has 0 saturated heterocycles. The maximum Gasteiger partial charge on any atom is 0.221 e. The smallest absolute Gasteiger partial charge is 0.221 e. The normalized spacial score (nSPS) is 24.1. The van der Waals surface area contributed by atoms with Crippen LogP contribution in [-0.4, -0.2) is 27.1 Å². The fraction of sp³-hybridized carbons (Fsp3) is 0.583. The predicted octanol–water partition coefficient (Wildman–Crippen LogP) is 0.666. The van der Waals surface area contributed by atoms with Crippen LogP contribution in [0.15, 0.2) is 18.5 Å². The molecule has 0 saturated carbocycles. The van der Waals surface area contributed by atoms with Gasteiger partial charge in [0.2, 0.25) is 5.91 Å². The number of amides is 1. The molecule has 0 spiro atoms. The summed E-state index contributed by atoms with van der Waals surface area (Å²) in [5.74, 6) is 0.985. The summed E-state index contributed by atoms with van der Waals surface area (Å²) in [4.78, 5) is 16.0. The number of carbonyl (C=O) groups excluding carboxylic acids is 1. The van der Waals surface area contributed by atoms with Gasteiger partial charge < -0.3 is 11.1 Å². The minimum absolute atomic E-state index is 0.0296. The SMILES string of the molecule is CCC(NC(=O)C[C@H]1C=C[C@@H](N)C1)c1ncn[nH]1. The van der Waals surface area contributed by atoms with Crippen molar-refractivity contribution in [3.8, 4) is 0 Å². The van der Waals surface area contributed by atoms with Crippen LogP contribution in [0.4, 0.5) is 0 Å². The molecule has 1 amide bonds. The van der Waals surface area contributed by atoms with Crippen LogP contribution in [0.5, 0.6) is 0 Å². The van der Waals surface area contributed by atoms with Crippen molar-refractivity contribution in [3.63, 3.8) is 0 Å². The highest BCUT2D eigenvalue weighted by molar-refractivity contribution is 5.76. The first-order chi connectivity index (χ1) is 8.69. The molecule has 0 radical (unpaired) electrons. The number of aromatic nitrogens is 3. The zero-order chi connectivity index (χ0) is 13.0. The molecule has 1 aliphatic carbocycles. The van der Waals surface area contributed by atoms with Crippen molar-refractivity contribution in [1.82, 2.24) is 20.5 Å². The number of nitrogens with two attached hydrogens (primary N) is 1. The van der Waals surface area contributed by atoms with E-state index in [-0.39, 0.29) is 23.9 Å². The molecule has 4 N–H and O–H groups in total. The van der Waals surface area contributed by atoms with Gasteiger partial charge in [-0.3, -0.25) is 9.89 Å². The molecule has 0 aliphatic heterocycles. The minimum atomic E-state index is -0.0981. The van der Waals surface area contributed by atoms with E-state index in [4.69, 9.17) is 5.73 Å². The molecule has 1 aromatic rings. The summed E-state index contributed by atoms with van der Waals surface area (Å²) in [6.07, 6.45) is 7.55. The number of hydrogen-bond donors (Lipinski definition) is 3. The maximum absolute atomic E-state index is 11.9. The van der Waals surface area contributed by atoms with Crippen LogP contribution in [0.25, 0.3) is 0 Å². The van der Waals surface area contributed by atoms with Crippen LogP contribution in [0, 0.1) is 5.92 Å². The Balaban J connectivity index is 1.85. The molecule has 0 aromatic carbocycles. The maximum atomic E-state index is 11.9. The third-order valence-electron chi connectivity index (χ3n) is 3.16. The largest absolute Gasteiger partial charge is 0.346 e. The molecule has 2 rings (SSSR count). The summed E-state index contributed by atoms with van der Waals surface area (Å²) in [7, 11) is 0. The van der Waals surface area contributed by atoms with Gasteiger partial charge in [0, 0.05) is 12.5 Å². The molecule has 6 heteroatoms. The molecule has 18 heavy (non-hydrogen) atoms. The first-order valence-corrected chi connectivity index (χ1v) is 6.27. The molecule has 3 atom stereocenters. The van der Waals surface area contributed by atoms with E-state index in [9.17, 15) is 4.79 Å². The quantitative estimate of drug-likeness (QED) is 0.668. The van der Waals surface area contributed by atoms with Gasteiger partial charge in [-0.15, -0.1) is 0 Å². The first kappa shape index (κ1) is 12.8. The number of H-pyrrole nitrogens is 1. The van der Waals surface area contributed by atoms with Gasteiger partial charge in [-0.05, 0) is 18.8 Å². The van der Waals surface area contributed by atoms with E-state index >= 15 is 0 Å². The van der Waals surface area contributed by atoms with E-state index in [0.29, 0.717) is 12.2 Å².